The second-order valence-electron chi connectivity index (χ2n) is 5.05. The fourth-order valence-electron chi connectivity index (χ4n) is 2.18. The van der Waals surface area contributed by atoms with Gasteiger partial charge in [0, 0.05) is 12.6 Å². The van der Waals surface area contributed by atoms with Crippen LogP contribution in [0.5, 0.6) is 0 Å². The molecule has 0 N–H and O–H groups in total. The summed E-state index contributed by atoms with van der Waals surface area (Å²) < 4.78 is 0. The number of aldehydes is 1. The topological polar surface area (TPSA) is 20.3 Å². The zero-order chi connectivity index (χ0) is 11.6. The molecular weight excluding hydrogens is 198 g/mol. The Morgan fingerprint density at radius 3 is 2.50 bits per heavy atom. The van der Waals surface area contributed by atoms with Gasteiger partial charge in [0.15, 0.2) is 0 Å². The van der Waals surface area contributed by atoms with Crippen molar-refractivity contribution in [2.75, 3.05) is 13.6 Å². The third-order valence-corrected chi connectivity index (χ3v) is 3.44. The van der Waals surface area contributed by atoms with Crippen LogP contribution in [-0.2, 0) is 10.2 Å². The van der Waals surface area contributed by atoms with Crippen molar-refractivity contribution in [3.05, 3.63) is 35.9 Å². The number of carbonyl (C=O) groups is 1. The van der Waals surface area contributed by atoms with Gasteiger partial charge in [-0.2, -0.15) is 0 Å². The molecular formula is C14H19NO. The summed E-state index contributed by atoms with van der Waals surface area (Å²) in [6.07, 6.45) is 3.64. The minimum atomic E-state index is -0.376. The molecule has 0 saturated heterocycles. The molecule has 1 fully saturated rings. The number of rotatable bonds is 5. The summed E-state index contributed by atoms with van der Waals surface area (Å²) in [5, 5.41) is 0. The van der Waals surface area contributed by atoms with Gasteiger partial charge in [0.2, 0.25) is 0 Å². The molecule has 0 heterocycles. The van der Waals surface area contributed by atoms with Crippen LogP contribution in [0.25, 0.3) is 0 Å². The van der Waals surface area contributed by atoms with E-state index in [0.717, 1.165) is 18.4 Å². The standard InChI is InChI=1S/C14H19NO/c1-14(11-16,10-15(2)13-8-9-13)12-6-4-3-5-7-12/h3-7,11,13H,8-10H2,1-2H3. The van der Waals surface area contributed by atoms with Gasteiger partial charge in [-0.05, 0) is 32.4 Å². The fraction of sp³-hybridized carbons (Fsp3) is 0.500. The number of hydrogen-bond donors (Lipinski definition) is 0. The van der Waals surface area contributed by atoms with E-state index < -0.39 is 0 Å². The summed E-state index contributed by atoms with van der Waals surface area (Å²) in [6.45, 7) is 2.83. The van der Waals surface area contributed by atoms with Crippen molar-refractivity contribution in [3.8, 4) is 0 Å². The van der Waals surface area contributed by atoms with Gasteiger partial charge >= 0.3 is 0 Å². The van der Waals surface area contributed by atoms with Crippen molar-refractivity contribution >= 4 is 6.29 Å². The molecule has 2 heteroatoms. The largest absolute Gasteiger partial charge is 0.302 e. The third-order valence-electron chi connectivity index (χ3n) is 3.44. The first kappa shape index (κ1) is 11.3. The molecule has 2 rings (SSSR count). The molecule has 1 aromatic carbocycles. The second kappa shape index (κ2) is 4.38. The Morgan fingerprint density at radius 2 is 2.00 bits per heavy atom. The normalized spacial score (nSPS) is 19.4. The Morgan fingerprint density at radius 1 is 1.38 bits per heavy atom. The highest BCUT2D eigenvalue weighted by atomic mass is 16.1. The summed E-state index contributed by atoms with van der Waals surface area (Å²) >= 11 is 0. The van der Waals surface area contributed by atoms with Crippen molar-refractivity contribution in [1.29, 1.82) is 0 Å². The summed E-state index contributed by atoms with van der Waals surface area (Å²) in [6, 6.07) is 10.7. The summed E-state index contributed by atoms with van der Waals surface area (Å²) in [5.74, 6) is 0. The molecule has 2 nitrogen and oxygen atoms in total. The Labute approximate surface area is 97.3 Å². The van der Waals surface area contributed by atoms with Crippen LogP contribution in [0, 0.1) is 0 Å². The average molecular weight is 217 g/mol. The maximum absolute atomic E-state index is 11.4. The van der Waals surface area contributed by atoms with Gasteiger partial charge in [0.05, 0.1) is 5.41 Å². The number of likely N-dealkylation sites (N-methyl/N-ethyl adjacent to an activating group) is 1. The molecule has 86 valence electrons. The predicted molar refractivity (Wildman–Crippen MR) is 65.5 cm³/mol. The van der Waals surface area contributed by atoms with Crippen molar-refractivity contribution in [2.45, 2.75) is 31.2 Å². The summed E-state index contributed by atoms with van der Waals surface area (Å²) in [4.78, 5) is 13.7. The van der Waals surface area contributed by atoms with E-state index >= 15 is 0 Å². The molecule has 0 bridgehead atoms. The van der Waals surface area contributed by atoms with Crippen LogP contribution < -0.4 is 0 Å². The van der Waals surface area contributed by atoms with Crippen LogP contribution in [0.15, 0.2) is 30.3 Å². The van der Waals surface area contributed by atoms with Crippen LogP contribution >= 0.6 is 0 Å². The average Bonchev–Trinajstić information content (AvgIpc) is 3.14. The SMILES string of the molecule is CN(CC(C)(C=O)c1ccccc1)C1CC1. The quantitative estimate of drug-likeness (QED) is 0.705. The van der Waals surface area contributed by atoms with Gasteiger partial charge in [0.25, 0.3) is 0 Å². The van der Waals surface area contributed by atoms with E-state index in [2.05, 4.69) is 11.9 Å². The van der Waals surface area contributed by atoms with E-state index in [-0.39, 0.29) is 5.41 Å². The van der Waals surface area contributed by atoms with Gasteiger partial charge in [-0.15, -0.1) is 0 Å². The Hall–Kier alpha value is -1.15. The van der Waals surface area contributed by atoms with Gasteiger partial charge in [-0.3, -0.25) is 0 Å². The fourth-order valence-corrected chi connectivity index (χ4v) is 2.18. The zero-order valence-electron chi connectivity index (χ0n) is 10.0. The maximum Gasteiger partial charge on any atom is 0.131 e. The van der Waals surface area contributed by atoms with Gasteiger partial charge in [-0.25, -0.2) is 0 Å². The van der Waals surface area contributed by atoms with Crippen LogP contribution in [-0.4, -0.2) is 30.8 Å². The zero-order valence-corrected chi connectivity index (χ0v) is 10.0. The van der Waals surface area contributed by atoms with E-state index in [1.807, 2.05) is 37.3 Å². The lowest BCUT2D eigenvalue weighted by Crippen LogP contribution is -2.39. The lowest BCUT2D eigenvalue weighted by atomic mass is 9.83. The molecule has 1 atom stereocenters. The molecule has 1 aliphatic rings. The van der Waals surface area contributed by atoms with E-state index in [0.29, 0.717) is 6.04 Å². The molecule has 0 aromatic heterocycles. The Balaban J connectivity index is 2.14. The molecule has 0 amide bonds. The highest BCUT2D eigenvalue weighted by Gasteiger charge is 2.33. The molecule has 16 heavy (non-hydrogen) atoms. The molecule has 0 spiro atoms. The number of nitrogens with zero attached hydrogens (tertiary/aromatic N) is 1. The molecule has 1 unspecified atom stereocenters. The molecule has 0 aliphatic heterocycles. The van der Waals surface area contributed by atoms with E-state index in [4.69, 9.17) is 0 Å². The lowest BCUT2D eigenvalue weighted by molar-refractivity contribution is -0.112. The molecule has 1 aromatic rings. The highest BCUT2D eigenvalue weighted by Crippen LogP contribution is 2.30. The van der Waals surface area contributed by atoms with Crippen molar-refractivity contribution in [3.63, 3.8) is 0 Å². The first-order chi connectivity index (χ1) is 7.65. The van der Waals surface area contributed by atoms with E-state index in [9.17, 15) is 4.79 Å². The number of carbonyl (C=O) groups excluding carboxylic acids is 1. The van der Waals surface area contributed by atoms with Crippen LogP contribution in [0.4, 0.5) is 0 Å². The van der Waals surface area contributed by atoms with Gasteiger partial charge in [0.1, 0.15) is 6.29 Å². The highest BCUT2D eigenvalue weighted by molar-refractivity contribution is 5.68. The van der Waals surface area contributed by atoms with Gasteiger partial charge in [-0.1, -0.05) is 30.3 Å². The number of hydrogen-bond acceptors (Lipinski definition) is 2. The monoisotopic (exact) mass is 217 g/mol. The molecule has 1 saturated carbocycles. The lowest BCUT2D eigenvalue weighted by Gasteiger charge is -2.29. The van der Waals surface area contributed by atoms with E-state index in [1.165, 1.54) is 12.8 Å². The Bertz CT molecular complexity index is 358. The van der Waals surface area contributed by atoms with Gasteiger partial charge < -0.3 is 9.69 Å². The maximum atomic E-state index is 11.4. The van der Waals surface area contributed by atoms with Crippen molar-refractivity contribution in [1.82, 2.24) is 4.90 Å². The molecule has 1 aliphatic carbocycles. The minimum Gasteiger partial charge on any atom is -0.302 e. The number of benzene rings is 1. The first-order valence-electron chi connectivity index (χ1n) is 5.88. The van der Waals surface area contributed by atoms with Crippen LogP contribution in [0.2, 0.25) is 0 Å². The van der Waals surface area contributed by atoms with Crippen molar-refractivity contribution < 1.29 is 4.79 Å². The summed E-state index contributed by atoms with van der Waals surface area (Å²) in [5.41, 5.74) is 0.732. The third kappa shape index (κ3) is 2.33. The van der Waals surface area contributed by atoms with E-state index in [1.54, 1.807) is 0 Å². The van der Waals surface area contributed by atoms with Crippen LogP contribution in [0.3, 0.4) is 0 Å². The smallest absolute Gasteiger partial charge is 0.131 e. The molecule has 0 radical (unpaired) electrons. The summed E-state index contributed by atoms with van der Waals surface area (Å²) in [7, 11) is 2.11. The van der Waals surface area contributed by atoms with Crippen LogP contribution in [0.1, 0.15) is 25.3 Å². The van der Waals surface area contributed by atoms with Crippen molar-refractivity contribution in [2.24, 2.45) is 0 Å². The minimum absolute atomic E-state index is 0.376. The second-order valence-corrected chi connectivity index (χ2v) is 5.05. The Kier molecular flexibility index (Phi) is 3.10. The first-order valence-corrected chi connectivity index (χ1v) is 5.88. The predicted octanol–water partition coefficient (Wildman–Crippen LogP) is 2.24.